The Hall–Kier alpha value is -1.84. The van der Waals surface area contributed by atoms with Crippen molar-refractivity contribution in [3.63, 3.8) is 0 Å². The van der Waals surface area contributed by atoms with Crippen molar-refractivity contribution in [3.05, 3.63) is 30.2 Å². The van der Waals surface area contributed by atoms with Gasteiger partial charge in [0.1, 0.15) is 5.52 Å². The van der Waals surface area contributed by atoms with Crippen LogP contribution in [0.5, 0.6) is 0 Å². The second kappa shape index (κ2) is 5.48. The summed E-state index contributed by atoms with van der Waals surface area (Å²) in [6.45, 7) is 0. The Morgan fingerprint density at radius 1 is 1.41 bits per heavy atom. The monoisotopic (exact) mass is 233 g/mol. The molecule has 0 saturated carbocycles. The Balaban J connectivity index is 1.84. The summed E-state index contributed by atoms with van der Waals surface area (Å²) in [4.78, 5) is 15.0. The molecule has 0 spiro atoms. The average Bonchev–Trinajstić information content (AvgIpc) is 2.81. The normalized spacial score (nSPS) is 10.6. The fourth-order valence-corrected chi connectivity index (χ4v) is 1.76. The summed E-state index contributed by atoms with van der Waals surface area (Å²) in [6.07, 6.45) is 4.70. The molecule has 2 aromatic rings. The standard InChI is InChI=1S/C13H15NO3/c1-16-13(15)5-3-2-4-10-6-7-12-11(8-10)14-9-17-12/h6-9H,2-5H2,1H3. The molecule has 0 amide bonds. The lowest BCUT2D eigenvalue weighted by Crippen LogP contribution is -1.99. The third kappa shape index (κ3) is 3.06. The van der Waals surface area contributed by atoms with Gasteiger partial charge in [-0.2, -0.15) is 0 Å². The number of ether oxygens (including phenoxy) is 1. The molecule has 0 aliphatic rings. The van der Waals surface area contributed by atoms with Crippen LogP contribution in [-0.4, -0.2) is 18.1 Å². The van der Waals surface area contributed by atoms with E-state index in [9.17, 15) is 4.79 Å². The Morgan fingerprint density at radius 2 is 2.29 bits per heavy atom. The van der Waals surface area contributed by atoms with Crippen LogP contribution in [0.3, 0.4) is 0 Å². The fraction of sp³-hybridized carbons (Fsp3) is 0.385. The summed E-state index contributed by atoms with van der Waals surface area (Å²) in [5.41, 5.74) is 2.91. The minimum absolute atomic E-state index is 0.142. The van der Waals surface area contributed by atoms with Crippen LogP contribution in [0.2, 0.25) is 0 Å². The lowest BCUT2D eigenvalue weighted by Gasteiger charge is -2.01. The lowest BCUT2D eigenvalue weighted by molar-refractivity contribution is -0.140. The number of hydrogen-bond donors (Lipinski definition) is 0. The van der Waals surface area contributed by atoms with Crippen LogP contribution < -0.4 is 0 Å². The van der Waals surface area contributed by atoms with Crippen LogP contribution in [-0.2, 0) is 16.0 Å². The van der Waals surface area contributed by atoms with Crippen molar-refractivity contribution in [2.24, 2.45) is 0 Å². The first-order chi connectivity index (χ1) is 8.29. The molecule has 4 heteroatoms. The number of carbonyl (C=O) groups excluding carboxylic acids is 1. The third-order valence-electron chi connectivity index (χ3n) is 2.72. The largest absolute Gasteiger partial charge is 0.469 e. The van der Waals surface area contributed by atoms with E-state index in [4.69, 9.17) is 4.42 Å². The average molecular weight is 233 g/mol. The summed E-state index contributed by atoms with van der Waals surface area (Å²) in [7, 11) is 1.42. The number of benzene rings is 1. The molecular weight excluding hydrogens is 218 g/mol. The Bertz CT molecular complexity index is 504. The number of carbonyl (C=O) groups is 1. The van der Waals surface area contributed by atoms with Crippen LogP contribution in [0.1, 0.15) is 24.8 Å². The number of rotatable bonds is 5. The van der Waals surface area contributed by atoms with Gasteiger partial charge in [0.05, 0.1) is 7.11 Å². The van der Waals surface area contributed by atoms with E-state index in [1.54, 1.807) is 0 Å². The number of methoxy groups -OCH3 is 1. The molecule has 0 N–H and O–H groups in total. The van der Waals surface area contributed by atoms with Gasteiger partial charge in [-0.3, -0.25) is 4.79 Å². The van der Waals surface area contributed by atoms with Crippen molar-refractivity contribution < 1.29 is 13.9 Å². The Labute approximate surface area is 99.6 Å². The summed E-state index contributed by atoms with van der Waals surface area (Å²) in [6, 6.07) is 5.99. The highest BCUT2D eigenvalue weighted by molar-refractivity contribution is 5.72. The zero-order valence-corrected chi connectivity index (χ0v) is 9.81. The van der Waals surface area contributed by atoms with Gasteiger partial charge in [-0.05, 0) is 37.0 Å². The second-order valence-corrected chi connectivity index (χ2v) is 3.94. The minimum atomic E-state index is -0.142. The van der Waals surface area contributed by atoms with E-state index in [1.807, 2.05) is 18.2 Å². The number of unbranched alkanes of at least 4 members (excludes halogenated alkanes) is 1. The van der Waals surface area contributed by atoms with Crippen molar-refractivity contribution in [3.8, 4) is 0 Å². The molecular formula is C13H15NO3. The molecule has 0 bridgehead atoms. The van der Waals surface area contributed by atoms with E-state index in [2.05, 4.69) is 9.72 Å². The summed E-state index contributed by atoms with van der Waals surface area (Å²) in [5, 5.41) is 0. The Kier molecular flexibility index (Phi) is 3.75. The molecule has 1 heterocycles. The zero-order chi connectivity index (χ0) is 12.1. The SMILES string of the molecule is COC(=O)CCCCc1ccc2ocnc2c1. The molecule has 0 saturated heterocycles. The molecule has 2 rings (SSSR count). The van der Waals surface area contributed by atoms with Crippen LogP contribution >= 0.6 is 0 Å². The highest BCUT2D eigenvalue weighted by atomic mass is 16.5. The molecule has 0 aliphatic heterocycles. The predicted octanol–water partition coefficient (Wildman–Crippen LogP) is 2.71. The second-order valence-electron chi connectivity index (χ2n) is 3.94. The van der Waals surface area contributed by atoms with Gasteiger partial charge in [-0.25, -0.2) is 4.98 Å². The van der Waals surface area contributed by atoms with Crippen LogP contribution in [0.15, 0.2) is 29.0 Å². The van der Waals surface area contributed by atoms with Crippen molar-refractivity contribution in [1.82, 2.24) is 4.98 Å². The number of nitrogens with zero attached hydrogens (tertiary/aromatic N) is 1. The molecule has 1 aromatic carbocycles. The van der Waals surface area contributed by atoms with E-state index in [1.165, 1.54) is 19.1 Å². The van der Waals surface area contributed by atoms with Gasteiger partial charge >= 0.3 is 5.97 Å². The van der Waals surface area contributed by atoms with Gasteiger partial charge in [-0.1, -0.05) is 6.07 Å². The number of oxazole rings is 1. The molecule has 0 aliphatic carbocycles. The number of aromatic nitrogens is 1. The van der Waals surface area contributed by atoms with Crippen molar-refractivity contribution in [1.29, 1.82) is 0 Å². The van der Waals surface area contributed by atoms with Crippen LogP contribution in [0.4, 0.5) is 0 Å². The first kappa shape index (κ1) is 11.6. The number of esters is 1. The van der Waals surface area contributed by atoms with Gasteiger partial charge in [-0.15, -0.1) is 0 Å². The van der Waals surface area contributed by atoms with E-state index in [0.717, 1.165) is 30.4 Å². The molecule has 4 nitrogen and oxygen atoms in total. The smallest absolute Gasteiger partial charge is 0.305 e. The first-order valence-electron chi connectivity index (χ1n) is 5.68. The summed E-state index contributed by atoms with van der Waals surface area (Å²) < 4.78 is 9.76. The van der Waals surface area contributed by atoms with Gasteiger partial charge in [0.2, 0.25) is 0 Å². The fourth-order valence-electron chi connectivity index (χ4n) is 1.76. The first-order valence-corrected chi connectivity index (χ1v) is 5.68. The topological polar surface area (TPSA) is 52.3 Å². The number of hydrogen-bond acceptors (Lipinski definition) is 4. The molecule has 0 atom stereocenters. The lowest BCUT2D eigenvalue weighted by atomic mass is 10.1. The van der Waals surface area contributed by atoms with Crippen molar-refractivity contribution >= 4 is 17.1 Å². The van der Waals surface area contributed by atoms with E-state index in [-0.39, 0.29) is 5.97 Å². The quantitative estimate of drug-likeness (QED) is 0.588. The van der Waals surface area contributed by atoms with E-state index >= 15 is 0 Å². The van der Waals surface area contributed by atoms with E-state index in [0.29, 0.717) is 6.42 Å². The van der Waals surface area contributed by atoms with Gasteiger partial charge in [0.25, 0.3) is 0 Å². The maximum atomic E-state index is 10.9. The number of aryl methyl sites for hydroxylation is 1. The van der Waals surface area contributed by atoms with Crippen LogP contribution in [0, 0.1) is 0 Å². The van der Waals surface area contributed by atoms with Crippen LogP contribution in [0.25, 0.3) is 11.1 Å². The Morgan fingerprint density at radius 3 is 3.12 bits per heavy atom. The minimum Gasteiger partial charge on any atom is -0.469 e. The highest BCUT2D eigenvalue weighted by Crippen LogP contribution is 2.16. The summed E-state index contributed by atoms with van der Waals surface area (Å²) in [5.74, 6) is -0.142. The maximum Gasteiger partial charge on any atom is 0.305 e. The zero-order valence-electron chi connectivity index (χ0n) is 9.81. The highest BCUT2D eigenvalue weighted by Gasteiger charge is 2.02. The summed E-state index contributed by atoms with van der Waals surface area (Å²) >= 11 is 0. The number of fused-ring (bicyclic) bond motifs is 1. The molecule has 0 fully saturated rings. The van der Waals surface area contributed by atoms with Crippen molar-refractivity contribution in [2.75, 3.05) is 7.11 Å². The van der Waals surface area contributed by atoms with Gasteiger partial charge in [0, 0.05) is 6.42 Å². The molecule has 0 unspecified atom stereocenters. The predicted molar refractivity (Wildman–Crippen MR) is 63.6 cm³/mol. The van der Waals surface area contributed by atoms with Crippen molar-refractivity contribution in [2.45, 2.75) is 25.7 Å². The van der Waals surface area contributed by atoms with E-state index < -0.39 is 0 Å². The van der Waals surface area contributed by atoms with Gasteiger partial charge < -0.3 is 9.15 Å². The third-order valence-corrected chi connectivity index (χ3v) is 2.72. The maximum absolute atomic E-state index is 10.9. The molecule has 17 heavy (non-hydrogen) atoms. The molecule has 0 radical (unpaired) electrons. The van der Waals surface area contributed by atoms with Gasteiger partial charge in [0.15, 0.2) is 12.0 Å². The molecule has 1 aromatic heterocycles. The molecule has 90 valence electrons.